The van der Waals surface area contributed by atoms with Crippen molar-refractivity contribution in [1.29, 1.82) is 0 Å². The summed E-state index contributed by atoms with van der Waals surface area (Å²) in [7, 11) is 0. The zero-order valence-corrected chi connectivity index (χ0v) is 11.9. The molecule has 2 aliphatic rings. The molecule has 1 heteroatoms. The molecule has 0 saturated heterocycles. The standard InChI is InChI=1S/C16H31N/c1-13-9-10-16(14(2)12-13)17-11-5-8-15-6-3-4-7-15/h13-17H,3-12H2,1-2H3. The van der Waals surface area contributed by atoms with Crippen LogP contribution in [0.25, 0.3) is 0 Å². The lowest BCUT2D eigenvalue weighted by Gasteiger charge is -2.33. The van der Waals surface area contributed by atoms with Crippen LogP contribution in [-0.4, -0.2) is 12.6 Å². The molecule has 0 aromatic heterocycles. The van der Waals surface area contributed by atoms with E-state index in [1.807, 2.05) is 0 Å². The third-order valence-corrected chi connectivity index (χ3v) is 5.10. The van der Waals surface area contributed by atoms with Gasteiger partial charge in [0.15, 0.2) is 0 Å². The Morgan fingerprint density at radius 2 is 1.76 bits per heavy atom. The fourth-order valence-corrected chi connectivity index (χ4v) is 3.95. The first kappa shape index (κ1) is 13.4. The zero-order chi connectivity index (χ0) is 12.1. The summed E-state index contributed by atoms with van der Waals surface area (Å²) in [5, 5.41) is 3.82. The highest BCUT2D eigenvalue weighted by atomic mass is 14.9. The minimum Gasteiger partial charge on any atom is -0.314 e. The van der Waals surface area contributed by atoms with Crippen LogP contribution < -0.4 is 5.32 Å². The molecule has 0 radical (unpaired) electrons. The molecule has 0 spiro atoms. The second-order valence-electron chi connectivity index (χ2n) is 6.75. The van der Waals surface area contributed by atoms with Crippen molar-refractivity contribution in [3.8, 4) is 0 Å². The lowest BCUT2D eigenvalue weighted by Crippen LogP contribution is -2.39. The normalized spacial score (nSPS) is 35.3. The Hall–Kier alpha value is -0.0400. The quantitative estimate of drug-likeness (QED) is 0.700. The molecule has 1 nitrogen and oxygen atoms in total. The smallest absolute Gasteiger partial charge is 0.00928 e. The molecule has 0 aromatic rings. The van der Waals surface area contributed by atoms with E-state index in [-0.39, 0.29) is 0 Å². The van der Waals surface area contributed by atoms with Crippen LogP contribution in [0.1, 0.15) is 71.6 Å². The van der Waals surface area contributed by atoms with Gasteiger partial charge in [-0.3, -0.25) is 0 Å². The average molecular weight is 237 g/mol. The summed E-state index contributed by atoms with van der Waals surface area (Å²) in [5.41, 5.74) is 0. The lowest BCUT2D eigenvalue weighted by atomic mass is 9.80. The number of hydrogen-bond acceptors (Lipinski definition) is 1. The summed E-state index contributed by atoms with van der Waals surface area (Å²) in [5.74, 6) is 2.92. The fraction of sp³-hybridized carbons (Fsp3) is 1.00. The van der Waals surface area contributed by atoms with Crippen LogP contribution in [0.15, 0.2) is 0 Å². The van der Waals surface area contributed by atoms with Crippen molar-refractivity contribution in [2.24, 2.45) is 17.8 Å². The van der Waals surface area contributed by atoms with E-state index in [0.29, 0.717) is 0 Å². The first-order chi connectivity index (χ1) is 8.25. The topological polar surface area (TPSA) is 12.0 Å². The third kappa shape index (κ3) is 4.28. The molecule has 2 saturated carbocycles. The summed E-state index contributed by atoms with van der Waals surface area (Å²) in [6, 6.07) is 0.815. The van der Waals surface area contributed by atoms with Gasteiger partial charge in [0.1, 0.15) is 0 Å². The van der Waals surface area contributed by atoms with Gasteiger partial charge in [-0.25, -0.2) is 0 Å². The molecule has 0 aliphatic heterocycles. The van der Waals surface area contributed by atoms with Crippen molar-refractivity contribution in [2.45, 2.75) is 77.7 Å². The Labute approximate surface area is 108 Å². The molecule has 0 aromatic carbocycles. The van der Waals surface area contributed by atoms with E-state index in [0.717, 1.165) is 23.8 Å². The van der Waals surface area contributed by atoms with Gasteiger partial charge in [0.2, 0.25) is 0 Å². The zero-order valence-electron chi connectivity index (χ0n) is 11.9. The van der Waals surface area contributed by atoms with Crippen molar-refractivity contribution in [3.05, 3.63) is 0 Å². The molecular formula is C16H31N. The Morgan fingerprint density at radius 1 is 1.00 bits per heavy atom. The summed E-state index contributed by atoms with van der Waals surface area (Å²) in [6.07, 6.45) is 13.2. The molecule has 2 aliphatic carbocycles. The molecule has 0 amide bonds. The van der Waals surface area contributed by atoms with E-state index in [1.54, 1.807) is 0 Å². The maximum Gasteiger partial charge on any atom is 0.00928 e. The predicted molar refractivity (Wildman–Crippen MR) is 75.2 cm³/mol. The van der Waals surface area contributed by atoms with Crippen molar-refractivity contribution in [1.82, 2.24) is 5.32 Å². The van der Waals surface area contributed by atoms with E-state index < -0.39 is 0 Å². The SMILES string of the molecule is CC1CCC(NCCCC2CCCC2)C(C)C1. The molecule has 2 rings (SSSR count). The Kier molecular flexibility index (Phi) is 5.34. The molecular weight excluding hydrogens is 206 g/mol. The third-order valence-electron chi connectivity index (χ3n) is 5.10. The summed E-state index contributed by atoms with van der Waals surface area (Å²) < 4.78 is 0. The Balaban J connectivity index is 1.55. The van der Waals surface area contributed by atoms with Gasteiger partial charge in [0.05, 0.1) is 0 Å². The van der Waals surface area contributed by atoms with E-state index in [4.69, 9.17) is 0 Å². The van der Waals surface area contributed by atoms with E-state index in [2.05, 4.69) is 19.2 Å². The van der Waals surface area contributed by atoms with Gasteiger partial charge in [-0.15, -0.1) is 0 Å². The molecule has 3 atom stereocenters. The van der Waals surface area contributed by atoms with Gasteiger partial charge in [-0.05, 0) is 56.4 Å². The van der Waals surface area contributed by atoms with E-state index in [1.165, 1.54) is 64.3 Å². The largest absolute Gasteiger partial charge is 0.314 e. The van der Waals surface area contributed by atoms with Crippen molar-refractivity contribution in [3.63, 3.8) is 0 Å². The van der Waals surface area contributed by atoms with Crippen LogP contribution in [0.3, 0.4) is 0 Å². The molecule has 100 valence electrons. The monoisotopic (exact) mass is 237 g/mol. The molecule has 3 unspecified atom stereocenters. The first-order valence-corrected chi connectivity index (χ1v) is 7.99. The van der Waals surface area contributed by atoms with Gasteiger partial charge < -0.3 is 5.32 Å². The van der Waals surface area contributed by atoms with Crippen LogP contribution in [0.2, 0.25) is 0 Å². The van der Waals surface area contributed by atoms with Gasteiger partial charge in [-0.1, -0.05) is 39.5 Å². The molecule has 0 bridgehead atoms. The maximum absolute atomic E-state index is 3.82. The Morgan fingerprint density at radius 3 is 2.47 bits per heavy atom. The van der Waals surface area contributed by atoms with Crippen LogP contribution in [0.4, 0.5) is 0 Å². The van der Waals surface area contributed by atoms with Crippen molar-refractivity contribution in [2.75, 3.05) is 6.54 Å². The van der Waals surface area contributed by atoms with Crippen LogP contribution in [0, 0.1) is 17.8 Å². The number of rotatable bonds is 5. The van der Waals surface area contributed by atoms with Gasteiger partial charge >= 0.3 is 0 Å². The number of hydrogen-bond donors (Lipinski definition) is 1. The second-order valence-corrected chi connectivity index (χ2v) is 6.75. The molecule has 2 fully saturated rings. The predicted octanol–water partition coefficient (Wildman–Crippen LogP) is 4.37. The van der Waals surface area contributed by atoms with Crippen molar-refractivity contribution < 1.29 is 0 Å². The highest BCUT2D eigenvalue weighted by Crippen LogP contribution is 2.30. The van der Waals surface area contributed by atoms with E-state index in [9.17, 15) is 0 Å². The van der Waals surface area contributed by atoms with Crippen LogP contribution in [-0.2, 0) is 0 Å². The first-order valence-electron chi connectivity index (χ1n) is 7.99. The number of nitrogens with one attached hydrogen (secondary N) is 1. The summed E-state index contributed by atoms with van der Waals surface area (Å²) in [4.78, 5) is 0. The summed E-state index contributed by atoms with van der Waals surface area (Å²) >= 11 is 0. The second kappa shape index (κ2) is 6.78. The van der Waals surface area contributed by atoms with Gasteiger partial charge in [0.25, 0.3) is 0 Å². The van der Waals surface area contributed by atoms with Gasteiger partial charge in [0, 0.05) is 6.04 Å². The fourth-order valence-electron chi connectivity index (χ4n) is 3.95. The minimum absolute atomic E-state index is 0.815. The average Bonchev–Trinajstić information content (AvgIpc) is 2.79. The minimum atomic E-state index is 0.815. The Bertz CT molecular complexity index is 208. The maximum atomic E-state index is 3.82. The molecule has 1 N–H and O–H groups in total. The summed E-state index contributed by atoms with van der Waals surface area (Å²) in [6.45, 7) is 6.11. The van der Waals surface area contributed by atoms with Crippen LogP contribution >= 0.6 is 0 Å². The van der Waals surface area contributed by atoms with Crippen LogP contribution in [0.5, 0.6) is 0 Å². The highest BCUT2D eigenvalue weighted by molar-refractivity contribution is 4.81. The lowest BCUT2D eigenvalue weighted by molar-refractivity contribution is 0.227. The highest BCUT2D eigenvalue weighted by Gasteiger charge is 2.24. The molecule has 0 heterocycles. The van der Waals surface area contributed by atoms with Gasteiger partial charge in [-0.2, -0.15) is 0 Å². The van der Waals surface area contributed by atoms with Crippen molar-refractivity contribution >= 4 is 0 Å². The molecule has 17 heavy (non-hydrogen) atoms. The van der Waals surface area contributed by atoms with E-state index >= 15 is 0 Å².